The molecule has 6 nitrogen and oxygen atoms in total. The van der Waals surface area contributed by atoms with Gasteiger partial charge in [0.05, 0.1) is 29.8 Å². The average molecular weight is 316 g/mol. The molecule has 2 aliphatic heterocycles. The fourth-order valence-corrected chi connectivity index (χ4v) is 3.06. The van der Waals surface area contributed by atoms with E-state index in [1.165, 1.54) is 15.9 Å². The predicted octanol–water partition coefficient (Wildman–Crippen LogP) is 1.15. The first kappa shape index (κ1) is 15.7. The predicted molar refractivity (Wildman–Crippen MR) is 83.2 cm³/mol. The summed E-state index contributed by atoms with van der Waals surface area (Å²) in [7, 11) is 0. The highest BCUT2D eigenvalue weighted by Gasteiger charge is 2.41. The number of likely N-dealkylation sites (tertiary alicyclic amines) is 1. The minimum absolute atomic E-state index is 0.182. The fraction of sp³-hybridized carbons (Fsp3) is 0.471. The Kier molecular flexibility index (Phi) is 3.52. The molecule has 3 amide bonds. The molecule has 3 rings (SSSR count). The van der Waals surface area contributed by atoms with Crippen molar-refractivity contribution in [1.82, 2.24) is 9.80 Å². The number of fused-ring (bicyclic) bond motifs is 1. The lowest BCUT2D eigenvalue weighted by molar-refractivity contribution is -0.0668. The average Bonchev–Trinajstić information content (AvgIpc) is 2.68. The van der Waals surface area contributed by atoms with Gasteiger partial charge in [-0.2, -0.15) is 0 Å². The van der Waals surface area contributed by atoms with Crippen LogP contribution in [-0.4, -0.2) is 57.9 Å². The number of carbonyl (C=O) groups excluding carboxylic acids is 3. The highest BCUT2D eigenvalue weighted by Crippen LogP contribution is 2.27. The summed E-state index contributed by atoms with van der Waals surface area (Å²) in [5.41, 5.74) is 0.162. The number of rotatable bonds is 3. The minimum atomic E-state index is -0.841. The largest absolute Gasteiger partial charge is 0.386 e. The van der Waals surface area contributed by atoms with Gasteiger partial charge >= 0.3 is 0 Å². The van der Waals surface area contributed by atoms with Crippen LogP contribution >= 0.6 is 0 Å². The number of imide groups is 1. The molecule has 1 aromatic carbocycles. The molecule has 0 aromatic heterocycles. The highest BCUT2D eigenvalue weighted by atomic mass is 16.3. The van der Waals surface area contributed by atoms with Crippen molar-refractivity contribution in [3.05, 3.63) is 34.9 Å². The van der Waals surface area contributed by atoms with E-state index in [4.69, 9.17) is 0 Å². The van der Waals surface area contributed by atoms with Crippen molar-refractivity contribution < 1.29 is 19.5 Å². The summed E-state index contributed by atoms with van der Waals surface area (Å²) >= 11 is 0. The fourth-order valence-electron chi connectivity index (χ4n) is 3.06. The molecule has 0 saturated carbocycles. The molecule has 0 atom stereocenters. The van der Waals surface area contributed by atoms with Gasteiger partial charge in [-0.1, -0.05) is 13.8 Å². The summed E-state index contributed by atoms with van der Waals surface area (Å²) in [5.74, 6) is -0.697. The third-order valence-corrected chi connectivity index (χ3v) is 4.12. The lowest BCUT2D eigenvalue weighted by atomic mass is 9.95. The Labute approximate surface area is 134 Å². The van der Waals surface area contributed by atoms with Crippen molar-refractivity contribution in [1.29, 1.82) is 0 Å². The van der Waals surface area contributed by atoms with Crippen LogP contribution in [0.2, 0.25) is 0 Å². The molecule has 1 aromatic rings. The van der Waals surface area contributed by atoms with Crippen molar-refractivity contribution in [2.75, 3.05) is 19.6 Å². The van der Waals surface area contributed by atoms with E-state index >= 15 is 0 Å². The van der Waals surface area contributed by atoms with Crippen LogP contribution in [0.3, 0.4) is 0 Å². The van der Waals surface area contributed by atoms with Gasteiger partial charge in [0, 0.05) is 12.1 Å². The Morgan fingerprint density at radius 3 is 2.39 bits per heavy atom. The van der Waals surface area contributed by atoms with Gasteiger partial charge in [0.25, 0.3) is 17.7 Å². The van der Waals surface area contributed by atoms with Gasteiger partial charge in [-0.25, -0.2) is 0 Å². The molecule has 6 heteroatoms. The van der Waals surface area contributed by atoms with Crippen LogP contribution in [0.4, 0.5) is 0 Å². The van der Waals surface area contributed by atoms with Crippen molar-refractivity contribution >= 4 is 17.7 Å². The lowest BCUT2D eigenvalue weighted by Gasteiger charge is -2.44. The summed E-state index contributed by atoms with van der Waals surface area (Å²) in [5, 5.41) is 9.73. The van der Waals surface area contributed by atoms with Crippen LogP contribution in [0.5, 0.6) is 0 Å². The monoisotopic (exact) mass is 316 g/mol. The molecule has 1 saturated heterocycles. The number of carbonyl (C=O) groups is 3. The van der Waals surface area contributed by atoms with Crippen LogP contribution in [0.15, 0.2) is 18.2 Å². The smallest absolute Gasteiger partial charge is 0.261 e. The Morgan fingerprint density at radius 1 is 1.22 bits per heavy atom. The van der Waals surface area contributed by atoms with Crippen LogP contribution in [-0.2, 0) is 0 Å². The van der Waals surface area contributed by atoms with E-state index in [0.29, 0.717) is 17.7 Å². The number of amides is 3. The first-order valence-corrected chi connectivity index (χ1v) is 7.71. The molecule has 0 aliphatic carbocycles. The van der Waals surface area contributed by atoms with Crippen molar-refractivity contribution in [2.45, 2.75) is 26.4 Å². The van der Waals surface area contributed by atoms with E-state index in [1.807, 2.05) is 13.8 Å². The molecule has 122 valence electrons. The van der Waals surface area contributed by atoms with Gasteiger partial charge < -0.3 is 10.0 Å². The number of hydrogen-bond acceptors (Lipinski definition) is 4. The van der Waals surface area contributed by atoms with Gasteiger partial charge in [0.2, 0.25) is 0 Å². The van der Waals surface area contributed by atoms with Crippen molar-refractivity contribution in [2.24, 2.45) is 5.92 Å². The molecular formula is C17H20N2O4. The number of aliphatic hydroxyl groups is 1. The van der Waals surface area contributed by atoms with Gasteiger partial charge in [0.1, 0.15) is 0 Å². The third-order valence-electron chi connectivity index (χ3n) is 4.12. The number of hydrogen-bond donors (Lipinski definition) is 1. The Balaban J connectivity index is 1.85. The maximum atomic E-state index is 12.4. The Morgan fingerprint density at radius 2 is 1.83 bits per heavy atom. The maximum absolute atomic E-state index is 12.4. The number of benzene rings is 1. The third kappa shape index (κ3) is 2.63. The molecule has 23 heavy (non-hydrogen) atoms. The maximum Gasteiger partial charge on any atom is 0.261 e. The van der Waals surface area contributed by atoms with E-state index < -0.39 is 5.60 Å². The zero-order valence-electron chi connectivity index (χ0n) is 13.5. The normalized spacial score (nSPS) is 19.2. The van der Waals surface area contributed by atoms with Gasteiger partial charge in [-0.05, 0) is 31.0 Å². The van der Waals surface area contributed by atoms with E-state index in [-0.39, 0.29) is 42.3 Å². The van der Waals surface area contributed by atoms with Gasteiger partial charge in [-0.15, -0.1) is 0 Å². The van der Waals surface area contributed by atoms with Gasteiger partial charge in [-0.3, -0.25) is 19.3 Å². The molecule has 0 spiro atoms. The van der Waals surface area contributed by atoms with Crippen LogP contribution in [0.25, 0.3) is 0 Å². The summed E-state index contributed by atoms with van der Waals surface area (Å²) in [6.07, 6.45) is 0. The molecular weight excluding hydrogens is 296 g/mol. The van der Waals surface area contributed by atoms with Gasteiger partial charge in [0.15, 0.2) is 0 Å². The Bertz CT molecular complexity index is 701. The molecule has 0 radical (unpaired) electrons. The van der Waals surface area contributed by atoms with Crippen LogP contribution < -0.4 is 0 Å². The Hall–Kier alpha value is -2.21. The molecule has 1 N–H and O–H groups in total. The van der Waals surface area contributed by atoms with E-state index in [1.54, 1.807) is 19.1 Å². The van der Waals surface area contributed by atoms with E-state index in [2.05, 4.69) is 0 Å². The minimum Gasteiger partial charge on any atom is -0.386 e. The molecule has 0 bridgehead atoms. The summed E-state index contributed by atoms with van der Waals surface area (Å²) in [6, 6.07) is 4.60. The molecule has 0 unspecified atom stereocenters. The standard InChI is InChI=1S/C17H20N2O4/c1-10(2)7-19-15(21)12-5-4-11(6-13(12)16(19)22)14(20)18-8-17(3,23)9-18/h4-6,10,23H,7-9H2,1-3H3. The number of β-amino-alcohol motifs (C(OH)–C–C–N with tert-alkyl or cyclic N) is 1. The SMILES string of the molecule is CC(C)CN1C(=O)c2ccc(C(=O)N3CC(C)(O)C3)cc2C1=O. The summed E-state index contributed by atoms with van der Waals surface area (Å²) in [6.45, 7) is 6.46. The van der Waals surface area contributed by atoms with E-state index in [0.717, 1.165) is 0 Å². The zero-order chi connectivity index (χ0) is 16.9. The van der Waals surface area contributed by atoms with Crippen LogP contribution in [0.1, 0.15) is 51.8 Å². The van der Waals surface area contributed by atoms with E-state index in [9.17, 15) is 19.5 Å². The second kappa shape index (κ2) is 5.16. The zero-order valence-corrected chi connectivity index (χ0v) is 13.5. The molecule has 2 aliphatic rings. The van der Waals surface area contributed by atoms with Crippen molar-refractivity contribution in [3.63, 3.8) is 0 Å². The summed E-state index contributed by atoms with van der Waals surface area (Å²) < 4.78 is 0. The van der Waals surface area contributed by atoms with Crippen molar-refractivity contribution in [3.8, 4) is 0 Å². The number of nitrogens with zero attached hydrogens (tertiary/aromatic N) is 2. The van der Waals surface area contributed by atoms with Crippen LogP contribution in [0, 0.1) is 5.92 Å². The highest BCUT2D eigenvalue weighted by molar-refractivity contribution is 6.22. The second-order valence-corrected chi connectivity index (χ2v) is 7.03. The first-order valence-electron chi connectivity index (χ1n) is 7.71. The quantitative estimate of drug-likeness (QED) is 0.849. The first-order chi connectivity index (χ1) is 10.7. The molecule has 1 fully saturated rings. The lowest BCUT2D eigenvalue weighted by Crippen LogP contribution is -2.61. The molecule has 2 heterocycles. The topological polar surface area (TPSA) is 77.9 Å². The summed E-state index contributed by atoms with van der Waals surface area (Å²) in [4.78, 5) is 39.8. The second-order valence-electron chi connectivity index (χ2n) is 7.03.